The molecule has 0 atom stereocenters. The summed E-state index contributed by atoms with van der Waals surface area (Å²) in [6.45, 7) is 0. The predicted molar refractivity (Wildman–Crippen MR) is 79.4 cm³/mol. The van der Waals surface area contributed by atoms with Gasteiger partial charge in [-0.25, -0.2) is 10.8 Å². The molecule has 0 spiro atoms. The van der Waals surface area contributed by atoms with E-state index in [0.29, 0.717) is 10.6 Å². The fourth-order valence-electron chi connectivity index (χ4n) is 1.90. The van der Waals surface area contributed by atoms with E-state index in [0.717, 1.165) is 20.8 Å². The van der Waals surface area contributed by atoms with Crippen LogP contribution in [0.2, 0.25) is 0 Å². The van der Waals surface area contributed by atoms with E-state index < -0.39 is 0 Å². The number of H-pyrrole nitrogens is 1. The van der Waals surface area contributed by atoms with Crippen LogP contribution in [0.3, 0.4) is 0 Å². The van der Waals surface area contributed by atoms with Crippen molar-refractivity contribution < 1.29 is 4.79 Å². The number of aromatic nitrogens is 3. The number of nitrogens with one attached hydrogen (secondary N) is 2. The molecule has 102 valence electrons. The Hall–Kier alpha value is -1.90. The number of benzene rings is 1. The summed E-state index contributed by atoms with van der Waals surface area (Å²) in [5.41, 5.74) is 3.17. The lowest BCUT2D eigenvalue weighted by Gasteiger charge is -2.02. The van der Waals surface area contributed by atoms with Crippen LogP contribution in [-0.4, -0.2) is 21.1 Å². The van der Waals surface area contributed by atoms with E-state index >= 15 is 0 Å². The van der Waals surface area contributed by atoms with Gasteiger partial charge >= 0.3 is 0 Å². The minimum Gasteiger partial charge on any atom is -0.289 e. The van der Waals surface area contributed by atoms with Crippen LogP contribution >= 0.6 is 23.1 Å². The number of hydrazine groups is 1. The summed E-state index contributed by atoms with van der Waals surface area (Å²) in [4.78, 5) is 16.6. The summed E-state index contributed by atoms with van der Waals surface area (Å²) in [6, 6.07) is 7.92. The van der Waals surface area contributed by atoms with Crippen molar-refractivity contribution in [3.63, 3.8) is 0 Å². The molecule has 6 nitrogen and oxygen atoms in total. The van der Waals surface area contributed by atoms with Crippen LogP contribution in [0, 0.1) is 0 Å². The van der Waals surface area contributed by atoms with Crippen molar-refractivity contribution in [2.45, 2.75) is 10.9 Å². The summed E-state index contributed by atoms with van der Waals surface area (Å²) in [7, 11) is 0. The second-order valence-corrected chi connectivity index (χ2v) is 5.97. The number of carbonyl (C=O) groups excluding carboxylic acids is 1. The average Bonchev–Trinajstić information content (AvgIpc) is 3.11. The number of thiophene rings is 1. The van der Waals surface area contributed by atoms with Crippen molar-refractivity contribution >= 4 is 39.1 Å². The highest BCUT2D eigenvalue weighted by Crippen LogP contribution is 2.34. The molecule has 2 heterocycles. The predicted octanol–water partition coefficient (Wildman–Crippen LogP) is 1.92. The van der Waals surface area contributed by atoms with Gasteiger partial charge in [0.1, 0.15) is 6.33 Å². The van der Waals surface area contributed by atoms with E-state index in [1.54, 1.807) is 0 Å². The van der Waals surface area contributed by atoms with Crippen LogP contribution in [0.5, 0.6) is 0 Å². The topological polar surface area (TPSA) is 96.7 Å². The molecule has 2 aromatic heterocycles. The molecule has 1 amide bonds. The number of carbonyl (C=O) groups is 1. The third kappa shape index (κ3) is 2.40. The second-order valence-electron chi connectivity index (χ2n) is 3.96. The largest absolute Gasteiger partial charge is 0.289 e. The number of nitrogen functional groups attached to an aromatic ring is 1. The number of amides is 1. The zero-order valence-corrected chi connectivity index (χ0v) is 11.9. The third-order valence-electron chi connectivity index (χ3n) is 2.78. The third-order valence-corrected chi connectivity index (χ3v) is 4.90. The maximum absolute atomic E-state index is 11.9. The number of hydrogen-bond acceptors (Lipinski definition) is 6. The van der Waals surface area contributed by atoms with Crippen LogP contribution in [0.25, 0.3) is 10.1 Å². The Bertz CT molecular complexity index is 737. The molecule has 0 fully saturated rings. The van der Waals surface area contributed by atoms with E-state index in [2.05, 4.69) is 20.6 Å². The zero-order chi connectivity index (χ0) is 13.9. The molecule has 0 aliphatic carbocycles. The number of aromatic amines is 1. The molecule has 0 bridgehead atoms. The van der Waals surface area contributed by atoms with Crippen LogP contribution in [0.15, 0.2) is 35.7 Å². The van der Waals surface area contributed by atoms with Gasteiger partial charge in [-0.2, -0.15) is 5.10 Å². The number of thioether (sulfide) groups is 1. The van der Waals surface area contributed by atoms with E-state index in [1.807, 2.05) is 24.3 Å². The molecule has 1 aromatic carbocycles. The summed E-state index contributed by atoms with van der Waals surface area (Å²) < 4.78 is 1.07. The summed E-state index contributed by atoms with van der Waals surface area (Å²) in [5.74, 6) is 5.62. The van der Waals surface area contributed by atoms with Crippen LogP contribution in [0.1, 0.15) is 15.2 Å². The fraction of sp³-hybridized carbons (Fsp3) is 0.0833. The minimum absolute atomic E-state index is 0.264. The molecular formula is C12H11N5OS2. The summed E-state index contributed by atoms with van der Waals surface area (Å²) >= 11 is 2.94. The van der Waals surface area contributed by atoms with Crippen molar-refractivity contribution in [3.05, 3.63) is 41.0 Å². The van der Waals surface area contributed by atoms with Crippen molar-refractivity contribution in [2.24, 2.45) is 5.84 Å². The molecule has 0 saturated carbocycles. The minimum atomic E-state index is -0.264. The number of fused-ring (bicyclic) bond motifs is 1. The first kappa shape index (κ1) is 13.1. The Balaban J connectivity index is 1.99. The molecule has 8 heteroatoms. The van der Waals surface area contributed by atoms with E-state index in [9.17, 15) is 4.79 Å². The van der Waals surface area contributed by atoms with Gasteiger partial charge < -0.3 is 0 Å². The normalized spacial score (nSPS) is 10.8. The van der Waals surface area contributed by atoms with Gasteiger partial charge in [0.05, 0.1) is 4.88 Å². The maximum Gasteiger partial charge on any atom is 0.275 e. The van der Waals surface area contributed by atoms with Gasteiger partial charge in [-0.15, -0.1) is 11.3 Å². The van der Waals surface area contributed by atoms with Crippen molar-refractivity contribution in [1.29, 1.82) is 0 Å². The lowest BCUT2D eigenvalue weighted by molar-refractivity contribution is 0.0957. The quantitative estimate of drug-likeness (QED) is 0.296. The van der Waals surface area contributed by atoms with Gasteiger partial charge in [0.25, 0.3) is 5.91 Å². The molecule has 4 N–H and O–H groups in total. The summed E-state index contributed by atoms with van der Waals surface area (Å²) in [5, 5.41) is 8.39. The molecule has 3 aromatic rings. The Labute approximate surface area is 122 Å². The first-order valence-corrected chi connectivity index (χ1v) is 7.59. The van der Waals surface area contributed by atoms with Gasteiger partial charge in [0.15, 0.2) is 5.16 Å². The fourth-order valence-corrected chi connectivity index (χ4v) is 3.93. The molecule has 0 radical (unpaired) electrons. The van der Waals surface area contributed by atoms with E-state index in [4.69, 9.17) is 5.84 Å². The number of rotatable bonds is 4. The highest BCUT2D eigenvalue weighted by atomic mass is 32.2. The number of hydrogen-bond donors (Lipinski definition) is 3. The SMILES string of the molecule is NNC(=O)c1sc2ccccc2c1CSc1ncn[nH]1. The lowest BCUT2D eigenvalue weighted by atomic mass is 10.1. The Morgan fingerprint density at radius 2 is 2.30 bits per heavy atom. The molecule has 20 heavy (non-hydrogen) atoms. The van der Waals surface area contributed by atoms with Gasteiger partial charge in [-0.05, 0) is 17.0 Å². The standard InChI is InChI=1S/C12H11N5OS2/c13-16-11(18)10-8(5-19-12-14-6-15-17-12)7-3-1-2-4-9(7)20-10/h1-4,6H,5,13H2,(H,16,18)(H,14,15,17). The summed E-state index contributed by atoms with van der Waals surface area (Å²) in [6.07, 6.45) is 1.46. The smallest absolute Gasteiger partial charge is 0.275 e. The van der Waals surface area contributed by atoms with Crippen molar-refractivity contribution in [3.8, 4) is 0 Å². The monoisotopic (exact) mass is 305 g/mol. The maximum atomic E-state index is 11.9. The molecule has 0 saturated heterocycles. The van der Waals surface area contributed by atoms with E-state index in [1.165, 1.54) is 29.4 Å². The lowest BCUT2D eigenvalue weighted by Crippen LogP contribution is -2.29. The highest BCUT2D eigenvalue weighted by Gasteiger charge is 2.17. The van der Waals surface area contributed by atoms with E-state index in [-0.39, 0.29) is 5.91 Å². The Kier molecular flexibility index (Phi) is 3.68. The second kappa shape index (κ2) is 5.61. The first-order valence-electron chi connectivity index (χ1n) is 5.79. The highest BCUT2D eigenvalue weighted by molar-refractivity contribution is 7.98. The van der Waals surface area contributed by atoms with Crippen LogP contribution in [-0.2, 0) is 5.75 Å². The molecule has 0 aliphatic rings. The van der Waals surface area contributed by atoms with Gasteiger partial charge in [-0.3, -0.25) is 15.3 Å². The zero-order valence-electron chi connectivity index (χ0n) is 10.3. The Morgan fingerprint density at radius 1 is 1.45 bits per heavy atom. The van der Waals surface area contributed by atoms with Crippen LogP contribution < -0.4 is 11.3 Å². The first-order chi connectivity index (χ1) is 9.79. The molecule has 0 unspecified atom stereocenters. The number of nitrogens with zero attached hydrogens (tertiary/aromatic N) is 2. The molecule has 0 aliphatic heterocycles. The van der Waals surface area contributed by atoms with Crippen molar-refractivity contribution in [1.82, 2.24) is 20.6 Å². The average molecular weight is 305 g/mol. The van der Waals surface area contributed by atoms with Gasteiger partial charge in [-0.1, -0.05) is 30.0 Å². The van der Waals surface area contributed by atoms with Gasteiger partial charge in [0, 0.05) is 10.5 Å². The van der Waals surface area contributed by atoms with Crippen LogP contribution in [0.4, 0.5) is 0 Å². The Morgan fingerprint density at radius 3 is 3.05 bits per heavy atom. The number of nitrogens with two attached hydrogens (primary N) is 1. The van der Waals surface area contributed by atoms with Crippen molar-refractivity contribution in [2.75, 3.05) is 0 Å². The van der Waals surface area contributed by atoms with Gasteiger partial charge in [0.2, 0.25) is 0 Å². The molecular weight excluding hydrogens is 294 g/mol. The molecule has 3 rings (SSSR count).